The molecule has 6 heteroatoms. The molecule has 1 fully saturated rings. The fourth-order valence-electron chi connectivity index (χ4n) is 2.47. The third kappa shape index (κ3) is 2.84. The van der Waals surface area contributed by atoms with E-state index in [1.165, 1.54) is 18.5 Å². The predicted octanol–water partition coefficient (Wildman–Crippen LogP) is 2.19. The van der Waals surface area contributed by atoms with Crippen LogP contribution in [0.5, 0.6) is 0 Å². The molecule has 2 heterocycles. The van der Waals surface area contributed by atoms with Gasteiger partial charge in [0.1, 0.15) is 18.0 Å². The number of anilines is 1. The van der Waals surface area contributed by atoms with Crippen molar-refractivity contribution in [1.29, 1.82) is 0 Å². The molecule has 1 aromatic carbocycles. The number of nitrogens with zero attached hydrogens (tertiary/aromatic N) is 3. The van der Waals surface area contributed by atoms with Gasteiger partial charge in [-0.3, -0.25) is 4.79 Å². The van der Waals surface area contributed by atoms with Crippen LogP contribution in [0.1, 0.15) is 6.42 Å². The third-order valence-corrected chi connectivity index (χ3v) is 3.65. The van der Waals surface area contributed by atoms with Crippen LogP contribution in [0, 0.1) is 11.7 Å². The third-order valence-electron chi connectivity index (χ3n) is 3.65. The highest BCUT2D eigenvalue weighted by atomic mass is 19.1. The van der Waals surface area contributed by atoms with E-state index < -0.39 is 5.97 Å². The number of rotatable bonds is 3. The molecule has 1 aliphatic rings. The van der Waals surface area contributed by atoms with E-state index in [0.717, 1.165) is 5.56 Å². The fourth-order valence-corrected chi connectivity index (χ4v) is 2.47. The Morgan fingerprint density at radius 2 is 2.05 bits per heavy atom. The monoisotopic (exact) mass is 287 g/mol. The molecule has 1 aromatic heterocycles. The minimum absolute atomic E-state index is 0.295. The Labute approximate surface area is 121 Å². The average Bonchev–Trinajstić information content (AvgIpc) is 2.98. The van der Waals surface area contributed by atoms with E-state index in [9.17, 15) is 9.18 Å². The molecule has 21 heavy (non-hydrogen) atoms. The zero-order valence-electron chi connectivity index (χ0n) is 11.2. The van der Waals surface area contributed by atoms with Gasteiger partial charge in [-0.05, 0) is 30.7 Å². The molecule has 3 rings (SSSR count). The molecule has 0 amide bonds. The van der Waals surface area contributed by atoms with Gasteiger partial charge in [-0.2, -0.15) is 0 Å². The van der Waals surface area contributed by atoms with Crippen molar-refractivity contribution in [3.8, 4) is 11.3 Å². The molecule has 0 aliphatic carbocycles. The van der Waals surface area contributed by atoms with Gasteiger partial charge in [-0.1, -0.05) is 0 Å². The summed E-state index contributed by atoms with van der Waals surface area (Å²) < 4.78 is 12.9. The van der Waals surface area contributed by atoms with Gasteiger partial charge in [-0.25, -0.2) is 14.4 Å². The predicted molar refractivity (Wildman–Crippen MR) is 75.4 cm³/mol. The van der Waals surface area contributed by atoms with Gasteiger partial charge in [0.05, 0.1) is 11.6 Å². The van der Waals surface area contributed by atoms with Gasteiger partial charge >= 0.3 is 5.97 Å². The summed E-state index contributed by atoms with van der Waals surface area (Å²) in [7, 11) is 0. The molecule has 1 unspecified atom stereocenters. The maximum absolute atomic E-state index is 12.9. The Bertz CT molecular complexity index is 660. The number of hydrogen-bond donors (Lipinski definition) is 1. The van der Waals surface area contributed by atoms with Crippen LogP contribution in [0.4, 0.5) is 10.2 Å². The molecule has 108 valence electrons. The Morgan fingerprint density at radius 3 is 2.71 bits per heavy atom. The Balaban J connectivity index is 1.84. The number of carbonyl (C=O) groups is 1. The summed E-state index contributed by atoms with van der Waals surface area (Å²) in [5.41, 5.74) is 1.49. The summed E-state index contributed by atoms with van der Waals surface area (Å²) in [4.78, 5) is 21.3. The highest BCUT2D eigenvalue weighted by molar-refractivity contribution is 5.72. The van der Waals surface area contributed by atoms with E-state index in [-0.39, 0.29) is 11.7 Å². The molecule has 2 aromatic rings. The quantitative estimate of drug-likeness (QED) is 0.937. The first-order valence-corrected chi connectivity index (χ1v) is 6.69. The lowest BCUT2D eigenvalue weighted by atomic mass is 10.1. The van der Waals surface area contributed by atoms with Crippen molar-refractivity contribution in [2.45, 2.75) is 6.42 Å². The maximum Gasteiger partial charge on any atom is 0.308 e. The molecule has 1 N–H and O–H groups in total. The van der Waals surface area contributed by atoms with Crippen LogP contribution in [-0.4, -0.2) is 34.1 Å². The van der Waals surface area contributed by atoms with E-state index in [1.807, 2.05) is 4.90 Å². The van der Waals surface area contributed by atoms with Gasteiger partial charge in [0.15, 0.2) is 0 Å². The summed E-state index contributed by atoms with van der Waals surface area (Å²) in [6, 6.07) is 7.88. The molecule has 1 atom stereocenters. The molecule has 5 nitrogen and oxygen atoms in total. The smallest absolute Gasteiger partial charge is 0.308 e. The Kier molecular flexibility index (Phi) is 3.51. The standard InChI is InChI=1S/C15H14FN3O2/c16-12-3-1-10(2-4-12)13-7-14(18-9-17-13)19-6-5-11(8-19)15(20)21/h1-4,7,9,11H,5-6,8H2,(H,20,21). The van der Waals surface area contributed by atoms with Gasteiger partial charge in [0.25, 0.3) is 0 Å². The number of benzene rings is 1. The van der Waals surface area contributed by atoms with Gasteiger partial charge < -0.3 is 10.0 Å². The summed E-state index contributed by atoms with van der Waals surface area (Å²) in [5.74, 6) is -0.718. The summed E-state index contributed by atoms with van der Waals surface area (Å²) in [6.45, 7) is 1.12. The van der Waals surface area contributed by atoms with Crippen LogP contribution in [0.15, 0.2) is 36.7 Å². The van der Waals surface area contributed by atoms with Crippen molar-refractivity contribution in [3.63, 3.8) is 0 Å². The minimum atomic E-state index is -0.773. The lowest BCUT2D eigenvalue weighted by molar-refractivity contribution is -0.140. The first-order chi connectivity index (χ1) is 10.1. The van der Waals surface area contributed by atoms with Crippen molar-refractivity contribution in [2.24, 2.45) is 5.92 Å². The van der Waals surface area contributed by atoms with Crippen LogP contribution < -0.4 is 4.90 Å². The highest BCUT2D eigenvalue weighted by Gasteiger charge is 2.28. The zero-order chi connectivity index (χ0) is 14.8. The number of halogens is 1. The van der Waals surface area contributed by atoms with Crippen molar-refractivity contribution in [2.75, 3.05) is 18.0 Å². The number of aliphatic carboxylic acids is 1. The minimum Gasteiger partial charge on any atom is -0.481 e. The first kappa shape index (κ1) is 13.5. The molecular weight excluding hydrogens is 273 g/mol. The zero-order valence-corrected chi connectivity index (χ0v) is 11.2. The van der Waals surface area contributed by atoms with Gasteiger partial charge in [0, 0.05) is 24.7 Å². The molecule has 0 radical (unpaired) electrons. The van der Waals surface area contributed by atoms with Crippen LogP contribution in [-0.2, 0) is 4.79 Å². The van der Waals surface area contributed by atoms with E-state index in [0.29, 0.717) is 31.0 Å². The number of aromatic nitrogens is 2. The number of carboxylic acid groups (broad SMARTS) is 1. The lowest BCUT2D eigenvalue weighted by Gasteiger charge is -2.17. The fraction of sp³-hybridized carbons (Fsp3) is 0.267. The number of hydrogen-bond acceptors (Lipinski definition) is 4. The second kappa shape index (κ2) is 5.47. The highest BCUT2D eigenvalue weighted by Crippen LogP contribution is 2.25. The van der Waals surface area contributed by atoms with Crippen LogP contribution in [0.25, 0.3) is 11.3 Å². The Morgan fingerprint density at radius 1 is 1.29 bits per heavy atom. The van der Waals surface area contributed by atoms with Crippen LogP contribution >= 0.6 is 0 Å². The average molecular weight is 287 g/mol. The van der Waals surface area contributed by atoms with Crippen molar-refractivity contribution in [3.05, 3.63) is 42.5 Å². The maximum atomic E-state index is 12.9. The number of carboxylic acids is 1. The molecule has 0 saturated carbocycles. The second-order valence-electron chi connectivity index (χ2n) is 5.04. The van der Waals surface area contributed by atoms with Gasteiger partial charge in [-0.15, -0.1) is 0 Å². The molecule has 0 bridgehead atoms. The van der Waals surface area contributed by atoms with Crippen molar-refractivity contribution >= 4 is 11.8 Å². The Hall–Kier alpha value is -2.50. The van der Waals surface area contributed by atoms with Gasteiger partial charge in [0.2, 0.25) is 0 Å². The summed E-state index contributed by atoms with van der Waals surface area (Å²) >= 11 is 0. The summed E-state index contributed by atoms with van der Waals surface area (Å²) in [5, 5.41) is 9.04. The first-order valence-electron chi connectivity index (χ1n) is 6.69. The molecule has 1 saturated heterocycles. The van der Waals surface area contributed by atoms with Crippen molar-refractivity contribution in [1.82, 2.24) is 9.97 Å². The second-order valence-corrected chi connectivity index (χ2v) is 5.04. The van der Waals surface area contributed by atoms with Crippen LogP contribution in [0.2, 0.25) is 0 Å². The summed E-state index contributed by atoms with van der Waals surface area (Å²) in [6.07, 6.45) is 2.06. The van der Waals surface area contributed by atoms with Crippen LogP contribution in [0.3, 0.4) is 0 Å². The normalized spacial score (nSPS) is 18.0. The van der Waals surface area contributed by atoms with Crippen molar-refractivity contribution < 1.29 is 14.3 Å². The largest absolute Gasteiger partial charge is 0.481 e. The van der Waals surface area contributed by atoms with E-state index in [4.69, 9.17) is 5.11 Å². The molecular formula is C15H14FN3O2. The SMILES string of the molecule is O=C(O)C1CCN(c2cc(-c3ccc(F)cc3)ncn2)C1. The van der Waals surface area contributed by atoms with E-state index in [2.05, 4.69) is 9.97 Å². The molecule has 1 aliphatic heterocycles. The lowest BCUT2D eigenvalue weighted by Crippen LogP contribution is -2.23. The molecule has 0 spiro atoms. The van der Waals surface area contributed by atoms with E-state index >= 15 is 0 Å². The topological polar surface area (TPSA) is 66.3 Å². The van der Waals surface area contributed by atoms with E-state index in [1.54, 1.807) is 18.2 Å².